The van der Waals surface area contributed by atoms with Crippen LogP contribution in [0.15, 0.2) is 249 Å². The van der Waals surface area contributed by atoms with Gasteiger partial charge in [0.2, 0.25) is 0 Å². The SMILES string of the molecule is N#Cc1cc(-c2ccccn2)[c-]cc1-c1ccccc1-c1cc(-c2ccccc2-c2c[c-]c(-c3ccccn3)cc2C#N)cc(-c2ccccc2-c2c[c-]c(-c3cc(-c4ccc(-c5ccccc5)cc4)ccn3)cc2C#N)c1.[Ir+3]. The minimum absolute atomic E-state index is 0. The first-order valence-corrected chi connectivity index (χ1v) is 25.3. The number of aromatic nitrogens is 3. The molecular weight excluding hydrogens is 1140 g/mol. The monoisotopic (exact) mass is 1180 g/mol. The summed E-state index contributed by atoms with van der Waals surface area (Å²) >= 11 is 0. The molecule has 0 bridgehead atoms. The zero-order valence-corrected chi connectivity index (χ0v) is 44.6. The van der Waals surface area contributed by atoms with E-state index in [2.05, 4.69) is 119 Å². The minimum Gasteiger partial charge on any atom is -0.305 e. The second kappa shape index (κ2) is 22.8. The molecule has 9 aromatic carbocycles. The van der Waals surface area contributed by atoms with Gasteiger partial charge in [0.1, 0.15) is 0 Å². The maximum absolute atomic E-state index is 10.9. The van der Waals surface area contributed by atoms with Crippen molar-refractivity contribution >= 4 is 0 Å². The number of hydrogen-bond donors (Lipinski definition) is 0. The maximum Gasteiger partial charge on any atom is 3.00 e. The van der Waals surface area contributed by atoms with Crippen molar-refractivity contribution in [3.63, 3.8) is 0 Å². The molecule has 0 saturated heterocycles. The van der Waals surface area contributed by atoms with Crippen molar-refractivity contribution in [2.45, 2.75) is 0 Å². The molecule has 12 aromatic rings. The average molecular weight is 1180 g/mol. The molecule has 0 aliphatic carbocycles. The van der Waals surface area contributed by atoms with E-state index >= 15 is 0 Å². The van der Waals surface area contributed by atoms with Crippen LogP contribution in [0.25, 0.3) is 123 Å². The fourth-order valence-corrected chi connectivity index (χ4v) is 10.2. The van der Waals surface area contributed by atoms with Gasteiger partial charge in [-0.3, -0.25) is 0 Å². The van der Waals surface area contributed by atoms with Gasteiger partial charge in [-0.05, 0) is 126 Å². The standard InChI is InChI=1S/C72H41N6.Ir/c73-45-58-38-52(70-22-10-12-35-76-70)28-31-64(58)67-19-7-4-16-61(67)55-41-56(62-17-5-8-20-68(62)65-32-29-53(39-59(65)46-74)71-23-11-13-36-77-71)43-57(42-55)63-18-6-9-21-69(63)66-33-30-54(40-60(66)47-75)72-44-51(34-37-78-72)50-26-24-49(25-27-50)48-14-2-1-3-15-48;/h1-27,31-44H;/q-3;+3. The summed E-state index contributed by atoms with van der Waals surface area (Å²) in [7, 11) is 0. The largest absolute Gasteiger partial charge is 3.00 e. The van der Waals surface area contributed by atoms with Crippen molar-refractivity contribution in [2.24, 2.45) is 0 Å². The van der Waals surface area contributed by atoms with E-state index < -0.39 is 0 Å². The third-order valence-electron chi connectivity index (χ3n) is 14.0. The smallest absolute Gasteiger partial charge is 0.305 e. The van der Waals surface area contributed by atoms with Gasteiger partial charge in [-0.1, -0.05) is 191 Å². The van der Waals surface area contributed by atoms with Crippen molar-refractivity contribution in [1.29, 1.82) is 15.8 Å². The minimum atomic E-state index is 0. The number of benzene rings is 9. The Kier molecular flexibility index (Phi) is 14.6. The van der Waals surface area contributed by atoms with Crippen LogP contribution in [0.5, 0.6) is 0 Å². The van der Waals surface area contributed by atoms with Crippen LogP contribution >= 0.6 is 0 Å². The predicted molar refractivity (Wildman–Crippen MR) is 310 cm³/mol. The Bertz CT molecular complexity index is 4180. The second-order valence-electron chi connectivity index (χ2n) is 18.6. The quantitative estimate of drug-likeness (QED) is 0.119. The van der Waals surface area contributed by atoms with Gasteiger partial charge < -0.3 is 15.0 Å². The molecule has 0 atom stereocenters. The molecule has 0 radical (unpaired) electrons. The molecule has 0 fully saturated rings. The summed E-state index contributed by atoms with van der Waals surface area (Å²) in [6.45, 7) is 0. The van der Waals surface area contributed by atoms with Crippen molar-refractivity contribution in [1.82, 2.24) is 15.0 Å². The Morgan fingerprint density at radius 3 is 1.00 bits per heavy atom. The number of hydrogen-bond acceptors (Lipinski definition) is 6. The van der Waals surface area contributed by atoms with E-state index in [0.29, 0.717) is 27.9 Å². The van der Waals surface area contributed by atoms with E-state index in [1.54, 1.807) is 18.6 Å². The Balaban J connectivity index is 0.00000660. The Hall–Kier alpha value is -10.5. The molecule has 3 aromatic heterocycles. The van der Waals surface area contributed by atoms with Gasteiger partial charge in [-0.25, -0.2) is 0 Å². The molecule has 0 aliphatic heterocycles. The molecule has 0 saturated carbocycles. The van der Waals surface area contributed by atoms with Crippen molar-refractivity contribution in [3.05, 3.63) is 284 Å². The van der Waals surface area contributed by atoms with Crippen LogP contribution < -0.4 is 0 Å². The van der Waals surface area contributed by atoms with Gasteiger partial charge in [0.15, 0.2) is 0 Å². The molecule has 368 valence electrons. The van der Waals surface area contributed by atoms with Crippen molar-refractivity contribution in [2.75, 3.05) is 0 Å². The van der Waals surface area contributed by atoms with Crippen LogP contribution in [0, 0.1) is 52.2 Å². The van der Waals surface area contributed by atoms with Gasteiger partial charge in [0.05, 0.1) is 18.2 Å². The number of nitrogens with zero attached hydrogens (tertiary/aromatic N) is 6. The first-order chi connectivity index (χ1) is 38.5. The summed E-state index contributed by atoms with van der Waals surface area (Å²) in [4.78, 5) is 13.8. The van der Waals surface area contributed by atoms with Crippen LogP contribution in [0.4, 0.5) is 0 Å². The first kappa shape index (κ1) is 50.7. The zero-order chi connectivity index (χ0) is 52.8. The second-order valence-corrected chi connectivity index (χ2v) is 18.6. The summed E-state index contributed by atoms with van der Waals surface area (Å²) in [6, 6.07) is 94.1. The fraction of sp³-hybridized carbons (Fsp3) is 0. The van der Waals surface area contributed by atoms with Gasteiger partial charge in [-0.2, -0.15) is 15.8 Å². The van der Waals surface area contributed by atoms with Crippen LogP contribution in [0.1, 0.15) is 16.7 Å². The van der Waals surface area contributed by atoms with Crippen LogP contribution in [0.2, 0.25) is 0 Å². The topological polar surface area (TPSA) is 110 Å². The zero-order valence-electron chi connectivity index (χ0n) is 42.2. The molecule has 7 heteroatoms. The summed E-state index contributed by atoms with van der Waals surface area (Å²) in [6.07, 6.45) is 5.26. The third-order valence-corrected chi connectivity index (χ3v) is 14.0. The summed E-state index contributed by atoms with van der Waals surface area (Å²) in [5, 5.41) is 32.3. The Morgan fingerprint density at radius 2 is 0.608 bits per heavy atom. The van der Waals surface area contributed by atoms with E-state index in [1.807, 2.05) is 158 Å². The molecule has 0 N–H and O–H groups in total. The number of rotatable bonds is 11. The molecular formula is C72H41IrN6. The average Bonchev–Trinajstić information content (AvgIpc) is 3.59. The van der Waals surface area contributed by atoms with Gasteiger partial charge in [0, 0.05) is 18.6 Å². The van der Waals surface area contributed by atoms with E-state index in [0.717, 1.165) is 112 Å². The van der Waals surface area contributed by atoms with E-state index in [-0.39, 0.29) is 20.1 Å². The predicted octanol–water partition coefficient (Wildman–Crippen LogP) is 17.2. The molecule has 3 heterocycles. The molecule has 6 nitrogen and oxygen atoms in total. The van der Waals surface area contributed by atoms with Crippen molar-refractivity contribution in [3.8, 4) is 141 Å². The van der Waals surface area contributed by atoms with Crippen LogP contribution in [-0.4, -0.2) is 15.0 Å². The Morgan fingerprint density at radius 1 is 0.266 bits per heavy atom. The van der Waals surface area contributed by atoms with Crippen LogP contribution in [0.3, 0.4) is 0 Å². The number of nitriles is 3. The molecule has 79 heavy (non-hydrogen) atoms. The third kappa shape index (κ3) is 10.3. The van der Waals surface area contributed by atoms with Crippen LogP contribution in [-0.2, 0) is 20.1 Å². The van der Waals surface area contributed by atoms with Gasteiger partial charge >= 0.3 is 20.1 Å². The first-order valence-electron chi connectivity index (χ1n) is 25.3. The molecule has 12 rings (SSSR count). The van der Waals surface area contributed by atoms with Crippen molar-refractivity contribution < 1.29 is 20.1 Å². The molecule has 0 aliphatic rings. The Labute approximate surface area is 472 Å². The normalized spacial score (nSPS) is 10.6. The molecule has 0 spiro atoms. The summed E-state index contributed by atoms with van der Waals surface area (Å²) in [5.74, 6) is 0. The fourth-order valence-electron chi connectivity index (χ4n) is 10.2. The number of pyridine rings is 3. The summed E-state index contributed by atoms with van der Waals surface area (Å²) < 4.78 is 0. The molecule has 0 unspecified atom stereocenters. The van der Waals surface area contributed by atoms with E-state index in [4.69, 9.17) is 4.98 Å². The van der Waals surface area contributed by atoms with Gasteiger partial charge in [-0.15, -0.1) is 71.3 Å². The van der Waals surface area contributed by atoms with E-state index in [9.17, 15) is 15.8 Å². The maximum atomic E-state index is 10.9. The molecule has 0 amide bonds. The van der Waals surface area contributed by atoms with Gasteiger partial charge in [0.25, 0.3) is 0 Å². The summed E-state index contributed by atoms with van der Waals surface area (Å²) in [5.41, 5.74) is 20.2. The van der Waals surface area contributed by atoms with E-state index in [1.165, 1.54) is 0 Å².